The summed E-state index contributed by atoms with van der Waals surface area (Å²) >= 11 is 0. The molecular formula is C20H29N5. The number of hydrogen-bond donors (Lipinski definition) is 2. The standard InChI is InChI=1S/C20H29N5/c1-4-21-20(23-16-9-5-6-10-16)22-14-15-13-19(25(2)3)24-18-12-8-7-11-17(15)18/h7-8,11-13,16H,4-6,9-10,14H2,1-3H3,(H2,21,22,23). The zero-order valence-electron chi connectivity index (χ0n) is 15.5. The topological polar surface area (TPSA) is 52.6 Å². The van der Waals surface area contributed by atoms with E-state index in [1.54, 1.807) is 0 Å². The molecule has 2 N–H and O–H groups in total. The number of aromatic nitrogens is 1. The van der Waals surface area contributed by atoms with Gasteiger partial charge in [-0.05, 0) is 37.5 Å². The van der Waals surface area contributed by atoms with Crippen LogP contribution in [0.1, 0.15) is 38.2 Å². The van der Waals surface area contributed by atoms with Gasteiger partial charge >= 0.3 is 0 Å². The van der Waals surface area contributed by atoms with Gasteiger partial charge in [-0.25, -0.2) is 9.98 Å². The quantitative estimate of drug-likeness (QED) is 0.648. The number of guanidine groups is 1. The van der Waals surface area contributed by atoms with Gasteiger partial charge in [0.05, 0.1) is 12.1 Å². The molecule has 0 radical (unpaired) electrons. The number of fused-ring (bicyclic) bond motifs is 1. The van der Waals surface area contributed by atoms with Crippen LogP contribution < -0.4 is 15.5 Å². The smallest absolute Gasteiger partial charge is 0.191 e. The normalized spacial score (nSPS) is 15.6. The SMILES string of the molecule is CCNC(=NCc1cc(N(C)C)nc2ccccc12)NC1CCCC1. The Bertz CT molecular complexity index is 732. The summed E-state index contributed by atoms with van der Waals surface area (Å²) < 4.78 is 0. The third kappa shape index (κ3) is 4.41. The van der Waals surface area contributed by atoms with Crippen LogP contribution in [0.5, 0.6) is 0 Å². The first kappa shape index (κ1) is 17.5. The van der Waals surface area contributed by atoms with Crippen LogP contribution in [0.25, 0.3) is 10.9 Å². The number of para-hydroxylation sites is 1. The minimum atomic E-state index is 0.560. The first-order chi connectivity index (χ1) is 12.2. The zero-order chi connectivity index (χ0) is 17.6. The Hall–Kier alpha value is -2.30. The summed E-state index contributed by atoms with van der Waals surface area (Å²) in [4.78, 5) is 11.6. The number of aliphatic imine (C=N–C) groups is 1. The summed E-state index contributed by atoms with van der Waals surface area (Å²) in [6.07, 6.45) is 5.12. The first-order valence-corrected chi connectivity index (χ1v) is 9.28. The molecule has 1 saturated carbocycles. The Kier molecular flexibility index (Phi) is 5.74. The molecule has 1 heterocycles. The number of benzene rings is 1. The van der Waals surface area contributed by atoms with Gasteiger partial charge in [-0.15, -0.1) is 0 Å². The van der Waals surface area contributed by atoms with E-state index >= 15 is 0 Å². The third-order valence-electron chi connectivity index (χ3n) is 4.69. The van der Waals surface area contributed by atoms with Crippen LogP contribution >= 0.6 is 0 Å². The van der Waals surface area contributed by atoms with Gasteiger partial charge in [0.25, 0.3) is 0 Å². The van der Waals surface area contributed by atoms with E-state index in [-0.39, 0.29) is 0 Å². The lowest BCUT2D eigenvalue weighted by Crippen LogP contribution is -2.42. The third-order valence-corrected chi connectivity index (χ3v) is 4.69. The molecule has 1 fully saturated rings. The first-order valence-electron chi connectivity index (χ1n) is 9.28. The highest BCUT2D eigenvalue weighted by molar-refractivity contribution is 5.85. The van der Waals surface area contributed by atoms with Crippen molar-refractivity contribution in [3.63, 3.8) is 0 Å². The Morgan fingerprint density at radius 1 is 1.24 bits per heavy atom. The molecule has 2 aromatic rings. The number of pyridine rings is 1. The maximum Gasteiger partial charge on any atom is 0.191 e. The lowest BCUT2D eigenvalue weighted by atomic mass is 10.1. The summed E-state index contributed by atoms with van der Waals surface area (Å²) in [5, 5.41) is 8.14. The zero-order valence-corrected chi connectivity index (χ0v) is 15.5. The van der Waals surface area contributed by atoms with Crippen LogP contribution in [-0.4, -0.2) is 37.6 Å². The summed E-state index contributed by atoms with van der Waals surface area (Å²) in [6.45, 7) is 3.63. The van der Waals surface area contributed by atoms with Gasteiger partial charge in [0, 0.05) is 32.1 Å². The fraction of sp³-hybridized carbons (Fsp3) is 0.500. The molecule has 0 amide bonds. The number of hydrogen-bond acceptors (Lipinski definition) is 3. The van der Waals surface area contributed by atoms with E-state index in [1.165, 1.54) is 36.6 Å². The summed E-state index contributed by atoms with van der Waals surface area (Å²) in [5.41, 5.74) is 2.23. The van der Waals surface area contributed by atoms with Gasteiger partial charge in [0.15, 0.2) is 5.96 Å². The molecule has 134 valence electrons. The monoisotopic (exact) mass is 339 g/mol. The Labute approximate surface area is 150 Å². The van der Waals surface area contributed by atoms with Crippen molar-refractivity contribution in [2.75, 3.05) is 25.5 Å². The molecule has 1 aromatic heterocycles. The Balaban J connectivity index is 1.86. The average Bonchev–Trinajstić information content (AvgIpc) is 3.12. The van der Waals surface area contributed by atoms with Gasteiger partial charge in [-0.1, -0.05) is 31.0 Å². The molecule has 0 bridgehead atoms. The minimum Gasteiger partial charge on any atom is -0.363 e. The molecular weight excluding hydrogens is 310 g/mol. The summed E-state index contributed by atoms with van der Waals surface area (Å²) in [7, 11) is 4.05. The van der Waals surface area contributed by atoms with Crippen LogP contribution in [0.4, 0.5) is 5.82 Å². The molecule has 0 atom stereocenters. The van der Waals surface area contributed by atoms with Crippen molar-refractivity contribution in [1.29, 1.82) is 0 Å². The van der Waals surface area contributed by atoms with Crippen molar-refractivity contribution < 1.29 is 0 Å². The van der Waals surface area contributed by atoms with Crippen molar-refractivity contribution in [2.24, 2.45) is 4.99 Å². The molecule has 3 rings (SSSR count). The maximum absolute atomic E-state index is 4.85. The van der Waals surface area contributed by atoms with Crippen molar-refractivity contribution in [3.8, 4) is 0 Å². The Morgan fingerprint density at radius 2 is 2.00 bits per heavy atom. The molecule has 0 saturated heterocycles. The highest BCUT2D eigenvalue weighted by Crippen LogP contribution is 2.23. The van der Waals surface area contributed by atoms with E-state index in [0.29, 0.717) is 12.6 Å². The second-order valence-corrected chi connectivity index (χ2v) is 6.87. The van der Waals surface area contributed by atoms with Crippen molar-refractivity contribution in [3.05, 3.63) is 35.9 Å². The molecule has 5 nitrogen and oxygen atoms in total. The molecule has 25 heavy (non-hydrogen) atoms. The second kappa shape index (κ2) is 8.19. The lowest BCUT2D eigenvalue weighted by molar-refractivity contribution is 0.614. The summed E-state index contributed by atoms with van der Waals surface area (Å²) in [5.74, 6) is 1.89. The number of nitrogens with zero attached hydrogens (tertiary/aromatic N) is 3. The van der Waals surface area contributed by atoms with E-state index in [4.69, 9.17) is 9.98 Å². The Morgan fingerprint density at radius 3 is 2.72 bits per heavy atom. The fourth-order valence-electron chi connectivity index (χ4n) is 3.34. The molecule has 1 aliphatic carbocycles. The number of rotatable bonds is 5. The number of anilines is 1. The van der Waals surface area contributed by atoms with Crippen LogP contribution in [-0.2, 0) is 6.54 Å². The van der Waals surface area contributed by atoms with E-state index in [9.17, 15) is 0 Å². The van der Waals surface area contributed by atoms with E-state index in [2.05, 4.69) is 41.8 Å². The molecule has 1 aliphatic rings. The van der Waals surface area contributed by atoms with Crippen LogP contribution in [0.15, 0.2) is 35.3 Å². The van der Waals surface area contributed by atoms with E-state index in [1.807, 2.05) is 25.1 Å². The molecule has 0 aliphatic heterocycles. The predicted molar refractivity (Wildman–Crippen MR) is 106 cm³/mol. The van der Waals surface area contributed by atoms with Crippen molar-refractivity contribution in [2.45, 2.75) is 45.2 Å². The van der Waals surface area contributed by atoms with E-state index in [0.717, 1.165) is 23.8 Å². The largest absolute Gasteiger partial charge is 0.363 e. The molecule has 0 unspecified atom stereocenters. The lowest BCUT2D eigenvalue weighted by Gasteiger charge is -2.17. The van der Waals surface area contributed by atoms with Crippen molar-refractivity contribution >= 4 is 22.7 Å². The van der Waals surface area contributed by atoms with Gasteiger partial charge < -0.3 is 15.5 Å². The summed E-state index contributed by atoms with van der Waals surface area (Å²) in [6, 6.07) is 11.0. The molecule has 0 spiro atoms. The van der Waals surface area contributed by atoms with Gasteiger partial charge in [-0.2, -0.15) is 0 Å². The van der Waals surface area contributed by atoms with Crippen LogP contribution in [0, 0.1) is 0 Å². The van der Waals surface area contributed by atoms with Crippen LogP contribution in [0.2, 0.25) is 0 Å². The van der Waals surface area contributed by atoms with Gasteiger partial charge in [0.2, 0.25) is 0 Å². The van der Waals surface area contributed by atoms with Crippen molar-refractivity contribution in [1.82, 2.24) is 15.6 Å². The van der Waals surface area contributed by atoms with E-state index < -0.39 is 0 Å². The molecule has 5 heteroatoms. The second-order valence-electron chi connectivity index (χ2n) is 6.87. The predicted octanol–water partition coefficient (Wildman–Crippen LogP) is 3.30. The maximum atomic E-state index is 4.85. The highest BCUT2D eigenvalue weighted by atomic mass is 15.2. The highest BCUT2D eigenvalue weighted by Gasteiger charge is 2.16. The van der Waals surface area contributed by atoms with Crippen LogP contribution in [0.3, 0.4) is 0 Å². The fourth-order valence-corrected chi connectivity index (χ4v) is 3.34. The number of nitrogens with one attached hydrogen (secondary N) is 2. The average molecular weight is 339 g/mol. The van der Waals surface area contributed by atoms with Gasteiger partial charge in [0.1, 0.15) is 5.82 Å². The molecule has 1 aromatic carbocycles. The minimum absolute atomic E-state index is 0.560. The van der Waals surface area contributed by atoms with Gasteiger partial charge in [-0.3, -0.25) is 0 Å².